The molecular formula is C20H26N2O3. The van der Waals surface area contributed by atoms with E-state index in [1.807, 2.05) is 30.0 Å². The van der Waals surface area contributed by atoms with Gasteiger partial charge < -0.3 is 19.7 Å². The molecule has 0 saturated carbocycles. The van der Waals surface area contributed by atoms with Crippen LogP contribution in [0.1, 0.15) is 31.4 Å². The van der Waals surface area contributed by atoms with Crippen LogP contribution in [0.15, 0.2) is 36.4 Å². The first-order valence-electron chi connectivity index (χ1n) is 8.76. The highest BCUT2D eigenvalue weighted by molar-refractivity contribution is 5.85. The Bertz CT molecular complexity index is 739. The molecule has 1 aliphatic rings. The lowest BCUT2D eigenvalue weighted by Gasteiger charge is -2.32. The van der Waals surface area contributed by atoms with Crippen molar-refractivity contribution in [2.24, 2.45) is 0 Å². The highest BCUT2D eigenvalue weighted by Gasteiger charge is 2.23. The van der Waals surface area contributed by atoms with E-state index in [0.29, 0.717) is 0 Å². The van der Waals surface area contributed by atoms with Gasteiger partial charge in [-0.1, -0.05) is 18.2 Å². The zero-order valence-corrected chi connectivity index (χ0v) is 15.1. The maximum Gasteiger partial charge on any atom is 0.317 e. The van der Waals surface area contributed by atoms with Gasteiger partial charge in [0.05, 0.1) is 19.3 Å². The standard InChI is InChI=1S/C20H26N2O3/c1-14(21-20(23)22-10-8-18(24-2)9-11-22)15-4-5-17-13-19(25-3)7-6-16(17)12-15/h4-7,12-14,18H,8-11H2,1-3H3,(H,21,23)/t14-/m0/s1. The number of nitrogens with zero attached hydrogens (tertiary/aromatic N) is 1. The molecule has 1 fully saturated rings. The zero-order chi connectivity index (χ0) is 17.8. The maximum absolute atomic E-state index is 12.5. The second kappa shape index (κ2) is 7.74. The topological polar surface area (TPSA) is 50.8 Å². The molecule has 1 N–H and O–H groups in total. The molecule has 1 aliphatic heterocycles. The molecule has 0 spiro atoms. The van der Waals surface area contributed by atoms with Gasteiger partial charge in [0.15, 0.2) is 0 Å². The number of likely N-dealkylation sites (tertiary alicyclic amines) is 1. The summed E-state index contributed by atoms with van der Waals surface area (Å²) in [5.74, 6) is 0.848. The summed E-state index contributed by atoms with van der Waals surface area (Å²) >= 11 is 0. The fraction of sp³-hybridized carbons (Fsp3) is 0.450. The summed E-state index contributed by atoms with van der Waals surface area (Å²) in [5, 5.41) is 5.37. The SMILES string of the molecule is COc1ccc2cc([C@H](C)NC(=O)N3CCC(OC)CC3)ccc2c1. The number of nitrogens with one attached hydrogen (secondary N) is 1. The highest BCUT2D eigenvalue weighted by Crippen LogP contribution is 2.24. The monoisotopic (exact) mass is 342 g/mol. The number of fused-ring (bicyclic) bond motifs is 1. The van der Waals surface area contributed by atoms with Crippen molar-refractivity contribution in [1.29, 1.82) is 0 Å². The molecule has 0 aromatic heterocycles. The first kappa shape index (κ1) is 17.5. The van der Waals surface area contributed by atoms with E-state index in [-0.39, 0.29) is 18.2 Å². The number of benzene rings is 2. The molecule has 2 amide bonds. The lowest BCUT2D eigenvalue weighted by atomic mass is 10.0. The molecule has 25 heavy (non-hydrogen) atoms. The van der Waals surface area contributed by atoms with Gasteiger partial charge in [-0.2, -0.15) is 0 Å². The molecule has 1 saturated heterocycles. The van der Waals surface area contributed by atoms with Crippen LogP contribution < -0.4 is 10.1 Å². The summed E-state index contributed by atoms with van der Waals surface area (Å²) in [6.07, 6.45) is 2.07. The van der Waals surface area contributed by atoms with Crippen molar-refractivity contribution in [3.05, 3.63) is 42.0 Å². The van der Waals surface area contributed by atoms with E-state index in [9.17, 15) is 4.79 Å². The smallest absolute Gasteiger partial charge is 0.317 e. The molecule has 0 aliphatic carbocycles. The first-order chi connectivity index (χ1) is 12.1. The van der Waals surface area contributed by atoms with Crippen LogP contribution in [0.2, 0.25) is 0 Å². The average Bonchev–Trinajstić information content (AvgIpc) is 2.67. The van der Waals surface area contributed by atoms with E-state index >= 15 is 0 Å². The third-order valence-corrected chi connectivity index (χ3v) is 4.97. The number of hydrogen-bond donors (Lipinski definition) is 1. The van der Waals surface area contributed by atoms with Crippen LogP contribution in [0.5, 0.6) is 5.75 Å². The van der Waals surface area contributed by atoms with Crippen LogP contribution in [0.4, 0.5) is 4.79 Å². The molecule has 1 atom stereocenters. The maximum atomic E-state index is 12.5. The van der Waals surface area contributed by atoms with Gasteiger partial charge in [0.1, 0.15) is 5.75 Å². The number of rotatable bonds is 4. The van der Waals surface area contributed by atoms with Crippen molar-refractivity contribution in [3.8, 4) is 5.75 Å². The van der Waals surface area contributed by atoms with Gasteiger partial charge in [-0.3, -0.25) is 0 Å². The lowest BCUT2D eigenvalue weighted by Crippen LogP contribution is -2.46. The summed E-state index contributed by atoms with van der Waals surface area (Å²) in [5.41, 5.74) is 1.10. The van der Waals surface area contributed by atoms with Crippen molar-refractivity contribution in [2.45, 2.75) is 31.9 Å². The van der Waals surface area contributed by atoms with E-state index in [1.54, 1.807) is 14.2 Å². The Kier molecular flexibility index (Phi) is 5.43. The summed E-state index contributed by atoms with van der Waals surface area (Å²) in [7, 11) is 3.40. The Morgan fingerprint density at radius 3 is 2.48 bits per heavy atom. The van der Waals surface area contributed by atoms with Crippen molar-refractivity contribution in [1.82, 2.24) is 10.2 Å². The quantitative estimate of drug-likeness (QED) is 0.921. The molecule has 0 radical (unpaired) electrons. The van der Waals surface area contributed by atoms with Gasteiger partial charge in [0, 0.05) is 20.2 Å². The van der Waals surface area contributed by atoms with Crippen molar-refractivity contribution in [2.75, 3.05) is 27.3 Å². The summed E-state index contributed by atoms with van der Waals surface area (Å²) in [6.45, 7) is 3.51. The Morgan fingerprint density at radius 2 is 1.80 bits per heavy atom. The van der Waals surface area contributed by atoms with E-state index < -0.39 is 0 Å². The molecule has 3 rings (SSSR count). The highest BCUT2D eigenvalue weighted by atomic mass is 16.5. The molecular weight excluding hydrogens is 316 g/mol. The van der Waals surface area contributed by atoms with E-state index in [2.05, 4.69) is 23.5 Å². The third kappa shape index (κ3) is 4.04. The number of methoxy groups -OCH3 is 2. The fourth-order valence-corrected chi connectivity index (χ4v) is 3.29. The normalized spacial score (nSPS) is 16.7. The average molecular weight is 342 g/mol. The number of piperidine rings is 1. The van der Waals surface area contributed by atoms with Gasteiger partial charge >= 0.3 is 6.03 Å². The predicted octanol–water partition coefficient (Wildman–Crippen LogP) is 3.73. The minimum Gasteiger partial charge on any atom is -0.497 e. The van der Waals surface area contributed by atoms with Crippen LogP contribution in [0.25, 0.3) is 10.8 Å². The Labute approximate surface area is 148 Å². The van der Waals surface area contributed by atoms with Crippen LogP contribution in [-0.4, -0.2) is 44.3 Å². The zero-order valence-electron chi connectivity index (χ0n) is 15.1. The third-order valence-electron chi connectivity index (χ3n) is 4.97. The first-order valence-corrected chi connectivity index (χ1v) is 8.76. The van der Waals surface area contributed by atoms with Crippen molar-refractivity contribution < 1.29 is 14.3 Å². The lowest BCUT2D eigenvalue weighted by molar-refractivity contribution is 0.0500. The van der Waals surface area contributed by atoms with Crippen LogP contribution >= 0.6 is 0 Å². The number of urea groups is 1. The summed E-state index contributed by atoms with van der Waals surface area (Å²) in [6, 6.07) is 12.2. The molecule has 2 aromatic carbocycles. The molecule has 1 heterocycles. The number of carbonyl (C=O) groups excluding carboxylic acids is 1. The number of ether oxygens (including phenoxy) is 2. The van der Waals surface area contributed by atoms with Gasteiger partial charge in [-0.15, -0.1) is 0 Å². The van der Waals surface area contributed by atoms with Crippen molar-refractivity contribution >= 4 is 16.8 Å². The van der Waals surface area contributed by atoms with Gasteiger partial charge in [0.25, 0.3) is 0 Å². The second-order valence-electron chi connectivity index (χ2n) is 6.57. The summed E-state index contributed by atoms with van der Waals surface area (Å²) < 4.78 is 10.6. The molecule has 0 bridgehead atoms. The Hall–Kier alpha value is -2.27. The minimum absolute atomic E-state index is 0.00289. The molecule has 134 valence electrons. The molecule has 2 aromatic rings. The minimum atomic E-state index is -0.0425. The predicted molar refractivity (Wildman–Crippen MR) is 99.1 cm³/mol. The number of carbonyl (C=O) groups is 1. The van der Waals surface area contributed by atoms with Crippen LogP contribution in [0, 0.1) is 0 Å². The van der Waals surface area contributed by atoms with Gasteiger partial charge in [-0.25, -0.2) is 4.79 Å². The van der Waals surface area contributed by atoms with Crippen molar-refractivity contribution in [3.63, 3.8) is 0 Å². The number of hydrogen-bond acceptors (Lipinski definition) is 3. The largest absolute Gasteiger partial charge is 0.497 e. The second-order valence-corrected chi connectivity index (χ2v) is 6.57. The molecule has 0 unspecified atom stereocenters. The van der Waals surface area contributed by atoms with E-state index in [4.69, 9.17) is 9.47 Å². The van der Waals surface area contributed by atoms with Crippen LogP contribution in [0.3, 0.4) is 0 Å². The summed E-state index contributed by atoms with van der Waals surface area (Å²) in [4.78, 5) is 14.4. The van der Waals surface area contributed by atoms with Gasteiger partial charge in [0.2, 0.25) is 0 Å². The fourth-order valence-electron chi connectivity index (χ4n) is 3.29. The van der Waals surface area contributed by atoms with Gasteiger partial charge in [-0.05, 0) is 54.3 Å². The van der Waals surface area contributed by atoms with Crippen LogP contribution in [-0.2, 0) is 4.74 Å². The Morgan fingerprint density at radius 1 is 1.12 bits per heavy atom. The number of amides is 2. The van der Waals surface area contributed by atoms with E-state index in [0.717, 1.165) is 48.0 Å². The molecule has 5 nitrogen and oxygen atoms in total. The van der Waals surface area contributed by atoms with E-state index in [1.165, 1.54) is 0 Å². The molecule has 5 heteroatoms. The Balaban J connectivity index is 1.65.